The summed E-state index contributed by atoms with van der Waals surface area (Å²) in [6.45, 7) is 3.11. The van der Waals surface area contributed by atoms with Crippen molar-refractivity contribution >= 4 is 33.0 Å². The number of fused-ring (bicyclic) bond motifs is 1. The van der Waals surface area contributed by atoms with Crippen molar-refractivity contribution in [1.29, 1.82) is 0 Å². The normalized spacial score (nSPS) is 22.5. The van der Waals surface area contributed by atoms with Gasteiger partial charge in [0.15, 0.2) is 14.9 Å². The number of sulfone groups is 1. The summed E-state index contributed by atoms with van der Waals surface area (Å²) in [5, 5.41) is 2.18. The van der Waals surface area contributed by atoms with E-state index in [2.05, 4.69) is 15.3 Å². The molecule has 8 heteroatoms. The molecule has 0 saturated carbocycles. The largest absolute Gasteiger partial charge is 0.322 e. The molecule has 0 aromatic carbocycles. The highest BCUT2D eigenvalue weighted by Gasteiger charge is 2.33. The molecule has 1 unspecified atom stereocenters. The molecule has 0 radical (unpaired) electrons. The zero-order chi connectivity index (χ0) is 12.8. The zero-order valence-corrected chi connectivity index (χ0v) is 10.8. The maximum absolute atomic E-state index is 12.0. The zero-order valence-electron chi connectivity index (χ0n) is 9.19. The Morgan fingerprint density at radius 3 is 2.71 bits per heavy atom. The highest BCUT2D eigenvalue weighted by molar-refractivity contribution is 7.91. The molecule has 1 N–H and O–H groups in total. The van der Waals surface area contributed by atoms with Gasteiger partial charge in [0, 0.05) is 5.92 Å². The number of anilines is 1. The second-order valence-electron chi connectivity index (χ2n) is 3.93. The molecule has 0 saturated heterocycles. The van der Waals surface area contributed by atoms with Crippen LogP contribution in [0.2, 0.25) is 5.28 Å². The topological polar surface area (TPSA) is 89.0 Å². The van der Waals surface area contributed by atoms with Gasteiger partial charge in [0.1, 0.15) is 5.69 Å². The molecular weight excluding hydrogens is 266 g/mol. The maximum Gasteiger partial charge on any atom is 0.228 e. The fourth-order valence-electron chi connectivity index (χ4n) is 1.61. The lowest BCUT2D eigenvalue weighted by Crippen LogP contribution is -2.22. The van der Waals surface area contributed by atoms with Crippen LogP contribution in [0.4, 0.5) is 5.69 Å². The fourth-order valence-corrected chi connectivity index (χ4v) is 3.58. The lowest BCUT2D eigenvalue weighted by atomic mass is 10.2. The number of amides is 1. The van der Waals surface area contributed by atoms with E-state index in [1.807, 2.05) is 0 Å². The summed E-state index contributed by atoms with van der Waals surface area (Å²) in [5.74, 6) is -1.27. The van der Waals surface area contributed by atoms with Crippen molar-refractivity contribution in [2.45, 2.75) is 18.9 Å². The molecule has 2 heterocycles. The summed E-state index contributed by atoms with van der Waals surface area (Å²) in [5.41, 5.74) is 0.467. The SMILES string of the molecule is Cc1nc(Cl)nc2c1NC(=O)C(C)CS2(=O)=O. The minimum absolute atomic E-state index is 0.128. The number of nitrogens with zero attached hydrogens (tertiary/aromatic N) is 2. The second-order valence-corrected chi connectivity index (χ2v) is 6.22. The fraction of sp³-hybridized carbons (Fsp3) is 0.444. The molecule has 2 rings (SSSR count). The smallest absolute Gasteiger partial charge is 0.228 e. The Hall–Kier alpha value is -1.21. The van der Waals surface area contributed by atoms with Gasteiger partial charge in [-0.05, 0) is 18.5 Å². The molecule has 1 aliphatic rings. The molecule has 0 bridgehead atoms. The van der Waals surface area contributed by atoms with Gasteiger partial charge in [0.05, 0.1) is 11.4 Å². The van der Waals surface area contributed by atoms with Crippen LogP contribution in [0.25, 0.3) is 0 Å². The van der Waals surface area contributed by atoms with Crippen LogP contribution >= 0.6 is 11.6 Å². The quantitative estimate of drug-likeness (QED) is 0.559. The van der Waals surface area contributed by atoms with Gasteiger partial charge in [0.25, 0.3) is 0 Å². The molecule has 0 fully saturated rings. The third-order valence-electron chi connectivity index (χ3n) is 2.49. The van der Waals surface area contributed by atoms with Gasteiger partial charge in [0.2, 0.25) is 11.2 Å². The molecule has 17 heavy (non-hydrogen) atoms. The van der Waals surface area contributed by atoms with E-state index in [0.717, 1.165) is 0 Å². The Labute approximate surface area is 103 Å². The van der Waals surface area contributed by atoms with Gasteiger partial charge >= 0.3 is 0 Å². The van der Waals surface area contributed by atoms with E-state index in [9.17, 15) is 13.2 Å². The lowest BCUT2D eigenvalue weighted by Gasteiger charge is -2.08. The van der Waals surface area contributed by atoms with Crippen LogP contribution in [0.15, 0.2) is 5.03 Å². The van der Waals surface area contributed by atoms with E-state index in [1.165, 1.54) is 0 Å². The number of carbonyl (C=O) groups excluding carboxylic acids is 1. The number of aromatic nitrogens is 2. The predicted octanol–water partition coefficient (Wildman–Crippen LogP) is 0.800. The first-order valence-electron chi connectivity index (χ1n) is 4.89. The minimum atomic E-state index is -3.62. The van der Waals surface area contributed by atoms with Crippen molar-refractivity contribution in [3.8, 4) is 0 Å². The van der Waals surface area contributed by atoms with E-state index < -0.39 is 15.8 Å². The van der Waals surface area contributed by atoms with Gasteiger partial charge in [-0.3, -0.25) is 4.79 Å². The molecule has 0 aliphatic carbocycles. The van der Waals surface area contributed by atoms with Crippen LogP contribution in [-0.4, -0.2) is 30.0 Å². The molecule has 1 atom stereocenters. The predicted molar refractivity (Wildman–Crippen MR) is 61.6 cm³/mol. The summed E-state index contributed by atoms with van der Waals surface area (Å²) in [6, 6.07) is 0. The molecular formula is C9H10ClN3O3S. The lowest BCUT2D eigenvalue weighted by molar-refractivity contribution is -0.118. The van der Waals surface area contributed by atoms with E-state index in [0.29, 0.717) is 5.69 Å². The van der Waals surface area contributed by atoms with E-state index in [-0.39, 0.29) is 27.7 Å². The van der Waals surface area contributed by atoms with Crippen molar-refractivity contribution in [3.05, 3.63) is 11.0 Å². The van der Waals surface area contributed by atoms with E-state index in [1.54, 1.807) is 13.8 Å². The standard InChI is InChI=1S/C9H10ClN3O3S/c1-4-3-17(15,16)8-6(12-7(4)14)5(2)11-9(10)13-8/h4H,3H2,1-2H3,(H,12,14). The van der Waals surface area contributed by atoms with Crippen molar-refractivity contribution in [1.82, 2.24) is 9.97 Å². The Morgan fingerprint density at radius 2 is 2.06 bits per heavy atom. The highest BCUT2D eigenvalue weighted by atomic mass is 35.5. The van der Waals surface area contributed by atoms with Crippen LogP contribution in [0.3, 0.4) is 0 Å². The number of halogens is 1. The highest BCUT2D eigenvalue weighted by Crippen LogP contribution is 2.29. The summed E-state index contributed by atoms with van der Waals surface area (Å²) < 4.78 is 24.0. The molecule has 1 aliphatic heterocycles. The first-order chi connectivity index (χ1) is 7.81. The van der Waals surface area contributed by atoms with Crippen molar-refractivity contribution in [2.75, 3.05) is 11.1 Å². The summed E-state index contributed by atoms with van der Waals surface area (Å²) in [7, 11) is -3.62. The number of aryl methyl sites for hydroxylation is 1. The monoisotopic (exact) mass is 275 g/mol. The average Bonchev–Trinajstić information content (AvgIpc) is 2.27. The van der Waals surface area contributed by atoms with Crippen molar-refractivity contribution < 1.29 is 13.2 Å². The Bertz CT molecular complexity index is 600. The Morgan fingerprint density at radius 1 is 1.41 bits per heavy atom. The molecule has 1 amide bonds. The third kappa shape index (κ3) is 2.12. The van der Waals surface area contributed by atoms with E-state index in [4.69, 9.17) is 11.6 Å². The summed E-state index contributed by atoms with van der Waals surface area (Å²) in [4.78, 5) is 19.2. The van der Waals surface area contributed by atoms with Crippen LogP contribution in [0.1, 0.15) is 12.6 Å². The van der Waals surface area contributed by atoms with Crippen LogP contribution in [-0.2, 0) is 14.6 Å². The number of carbonyl (C=O) groups is 1. The van der Waals surface area contributed by atoms with E-state index >= 15 is 0 Å². The summed E-state index contributed by atoms with van der Waals surface area (Å²) in [6.07, 6.45) is 0. The summed E-state index contributed by atoms with van der Waals surface area (Å²) >= 11 is 5.64. The van der Waals surface area contributed by atoms with Crippen LogP contribution in [0.5, 0.6) is 0 Å². The number of hydrogen-bond donors (Lipinski definition) is 1. The van der Waals surface area contributed by atoms with Gasteiger partial charge in [-0.2, -0.15) is 0 Å². The number of hydrogen-bond acceptors (Lipinski definition) is 5. The Balaban J connectivity index is 2.74. The first kappa shape index (κ1) is 12.3. The molecule has 6 nitrogen and oxygen atoms in total. The van der Waals surface area contributed by atoms with Crippen LogP contribution < -0.4 is 5.32 Å². The minimum Gasteiger partial charge on any atom is -0.322 e. The maximum atomic E-state index is 12.0. The Kier molecular flexibility index (Phi) is 2.82. The second kappa shape index (κ2) is 3.92. The molecule has 1 aromatic heterocycles. The van der Waals surface area contributed by atoms with Gasteiger partial charge in [-0.1, -0.05) is 6.92 Å². The van der Waals surface area contributed by atoms with Gasteiger partial charge in [-0.15, -0.1) is 0 Å². The molecule has 1 aromatic rings. The first-order valence-corrected chi connectivity index (χ1v) is 6.92. The molecule has 0 spiro atoms. The number of rotatable bonds is 0. The molecule has 92 valence electrons. The average molecular weight is 276 g/mol. The third-order valence-corrected chi connectivity index (χ3v) is 4.48. The number of nitrogens with one attached hydrogen (secondary N) is 1. The van der Waals surface area contributed by atoms with Gasteiger partial charge in [-0.25, -0.2) is 18.4 Å². The van der Waals surface area contributed by atoms with Crippen molar-refractivity contribution in [2.24, 2.45) is 5.92 Å². The van der Waals surface area contributed by atoms with Gasteiger partial charge < -0.3 is 5.32 Å². The van der Waals surface area contributed by atoms with Crippen molar-refractivity contribution in [3.63, 3.8) is 0 Å². The van der Waals surface area contributed by atoms with Crippen LogP contribution in [0, 0.1) is 12.8 Å².